The Morgan fingerprint density at radius 3 is 1.84 bits per heavy atom. The van der Waals surface area contributed by atoms with Gasteiger partial charge in [0.15, 0.2) is 0 Å². The second kappa shape index (κ2) is 15.3. The molecule has 2 aromatic rings. The molecule has 4 nitrogen and oxygen atoms in total. The molecule has 0 aliphatic heterocycles. The third kappa shape index (κ3) is 10.4. The molecule has 0 bridgehead atoms. The quantitative estimate of drug-likeness (QED) is 0.220. The molecule has 0 saturated heterocycles. The maximum absolute atomic E-state index is 10.3. The molecule has 0 amide bonds. The summed E-state index contributed by atoms with van der Waals surface area (Å²) in [6.07, 6.45) is 13.9. The summed E-state index contributed by atoms with van der Waals surface area (Å²) in [4.78, 5) is 4.46. The summed E-state index contributed by atoms with van der Waals surface area (Å²) >= 11 is 0. The van der Waals surface area contributed by atoms with E-state index in [0.717, 1.165) is 30.9 Å². The van der Waals surface area contributed by atoms with Gasteiger partial charge in [0, 0.05) is 17.8 Å². The van der Waals surface area contributed by atoms with E-state index >= 15 is 0 Å². The third-order valence-corrected chi connectivity index (χ3v) is 5.22. The molecule has 0 radical (unpaired) electrons. The number of unbranched alkanes of at least 4 members (excludes halogenated alkanes) is 8. The highest BCUT2D eigenvalue weighted by Crippen LogP contribution is 2.24. The fourth-order valence-corrected chi connectivity index (χ4v) is 3.29. The third-order valence-electron chi connectivity index (χ3n) is 5.22. The lowest BCUT2D eigenvalue weighted by molar-refractivity contribution is 0.303. The lowest BCUT2D eigenvalue weighted by Crippen LogP contribution is -1.97. The average molecular weight is 426 g/mol. The van der Waals surface area contributed by atoms with Crippen LogP contribution in [0.3, 0.4) is 0 Å². The van der Waals surface area contributed by atoms with E-state index in [9.17, 15) is 5.11 Å². The minimum atomic E-state index is 0.176. The molecule has 0 saturated carbocycles. The van der Waals surface area contributed by atoms with Crippen molar-refractivity contribution in [3.63, 3.8) is 0 Å². The van der Waals surface area contributed by atoms with E-state index in [-0.39, 0.29) is 5.75 Å². The first kappa shape index (κ1) is 24.8. The van der Waals surface area contributed by atoms with E-state index in [4.69, 9.17) is 9.47 Å². The molecular weight excluding hydrogens is 386 g/mol. The number of benzene rings is 2. The van der Waals surface area contributed by atoms with Gasteiger partial charge in [-0.3, -0.25) is 4.99 Å². The molecular formula is C27H39NO3. The first-order valence-corrected chi connectivity index (χ1v) is 12.0. The Morgan fingerprint density at radius 2 is 1.26 bits per heavy atom. The highest BCUT2D eigenvalue weighted by Gasteiger charge is 2.02. The zero-order valence-corrected chi connectivity index (χ0v) is 19.3. The van der Waals surface area contributed by atoms with Crippen LogP contribution in [-0.2, 0) is 0 Å². The van der Waals surface area contributed by atoms with Gasteiger partial charge in [-0.1, -0.05) is 65.2 Å². The van der Waals surface area contributed by atoms with E-state index in [2.05, 4.69) is 18.8 Å². The van der Waals surface area contributed by atoms with Crippen LogP contribution < -0.4 is 9.47 Å². The second-order valence-electron chi connectivity index (χ2n) is 8.00. The fourth-order valence-electron chi connectivity index (χ4n) is 3.29. The minimum Gasteiger partial charge on any atom is -0.507 e. The topological polar surface area (TPSA) is 51.0 Å². The smallest absolute Gasteiger partial charge is 0.128 e. The van der Waals surface area contributed by atoms with Crippen molar-refractivity contribution in [2.24, 2.45) is 4.99 Å². The van der Waals surface area contributed by atoms with Crippen LogP contribution in [0.25, 0.3) is 0 Å². The summed E-state index contributed by atoms with van der Waals surface area (Å²) in [5.74, 6) is 1.74. The number of aromatic hydroxyl groups is 1. The number of rotatable bonds is 16. The Bertz CT molecular complexity index is 756. The number of aliphatic imine (C=N–C) groups is 1. The van der Waals surface area contributed by atoms with Gasteiger partial charge < -0.3 is 14.6 Å². The molecule has 0 aromatic heterocycles. The van der Waals surface area contributed by atoms with Crippen LogP contribution in [0.1, 0.15) is 83.6 Å². The van der Waals surface area contributed by atoms with E-state index in [1.165, 1.54) is 51.4 Å². The van der Waals surface area contributed by atoms with Gasteiger partial charge in [0.1, 0.15) is 17.2 Å². The molecule has 0 heterocycles. The summed E-state index contributed by atoms with van der Waals surface area (Å²) in [6.45, 7) is 5.88. The van der Waals surface area contributed by atoms with Crippen molar-refractivity contribution < 1.29 is 14.6 Å². The number of ether oxygens (including phenoxy) is 2. The fraction of sp³-hybridized carbons (Fsp3) is 0.519. The summed E-state index contributed by atoms with van der Waals surface area (Å²) in [5.41, 5.74) is 1.49. The molecule has 0 atom stereocenters. The van der Waals surface area contributed by atoms with Crippen molar-refractivity contribution in [1.29, 1.82) is 0 Å². The molecule has 4 heteroatoms. The summed E-state index contributed by atoms with van der Waals surface area (Å²) in [6, 6.07) is 13.1. The van der Waals surface area contributed by atoms with Gasteiger partial charge in [-0.05, 0) is 49.2 Å². The number of phenols is 1. The Kier molecular flexibility index (Phi) is 12.3. The van der Waals surface area contributed by atoms with Crippen molar-refractivity contribution in [3.8, 4) is 17.2 Å². The van der Waals surface area contributed by atoms with Crippen LogP contribution in [-0.4, -0.2) is 24.5 Å². The molecule has 2 rings (SSSR count). The first-order valence-electron chi connectivity index (χ1n) is 12.0. The van der Waals surface area contributed by atoms with Crippen molar-refractivity contribution in [2.75, 3.05) is 13.2 Å². The summed E-state index contributed by atoms with van der Waals surface area (Å²) in [5, 5.41) is 10.3. The van der Waals surface area contributed by atoms with E-state index in [1.54, 1.807) is 12.3 Å². The number of hydrogen-bond acceptors (Lipinski definition) is 4. The largest absolute Gasteiger partial charge is 0.507 e. The van der Waals surface area contributed by atoms with Crippen molar-refractivity contribution in [1.82, 2.24) is 0 Å². The van der Waals surface area contributed by atoms with Crippen LogP contribution in [0.4, 0.5) is 5.69 Å². The van der Waals surface area contributed by atoms with Gasteiger partial charge >= 0.3 is 0 Å². The zero-order valence-electron chi connectivity index (χ0n) is 19.3. The Labute approximate surface area is 188 Å². The predicted octanol–water partition coefficient (Wildman–Crippen LogP) is 7.84. The summed E-state index contributed by atoms with van der Waals surface area (Å²) < 4.78 is 11.5. The molecule has 0 fully saturated rings. The lowest BCUT2D eigenvalue weighted by Gasteiger charge is -2.08. The Balaban J connectivity index is 1.75. The molecule has 0 spiro atoms. The molecule has 1 N–H and O–H groups in total. The monoisotopic (exact) mass is 425 g/mol. The predicted molar refractivity (Wildman–Crippen MR) is 130 cm³/mol. The average Bonchev–Trinajstić information content (AvgIpc) is 2.79. The van der Waals surface area contributed by atoms with Crippen molar-refractivity contribution in [2.45, 2.75) is 78.1 Å². The minimum absolute atomic E-state index is 0.176. The Hall–Kier alpha value is -2.49. The second-order valence-corrected chi connectivity index (χ2v) is 8.00. The van der Waals surface area contributed by atoms with Gasteiger partial charge in [0.2, 0.25) is 0 Å². The molecule has 170 valence electrons. The summed E-state index contributed by atoms with van der Waals surface area (Å²) in [7, 11) is 0. The highest BCUT2D eigenvalue weighted by atomic mass is 16.5. The molecule has 0 aliphatic rings. The SMILES string of the molecule is CCCCCCCOc1ccc(N=Cc2ccc(OCCCCCCC)cc2O)cc1. The zero-order chi connectivity index (χ0) is 22.2. The van der Waals surface area contributed by atoms with Crippen LogP contribution >= 0.6 is 0 Å². The van der Waals surface area contributed by atoms with E-state index in [0.29, 0.717) is 17.9 Å². The lowest BCUT2D eigenvalue weighted by atomic mass is 10.2. The molecule has 2 aromatic carbocycles. The van der Waals surface area contributed by atoms with Gasteiger partial charge in [0.25, 0.3) is 0 Å². The standard InChI is InChI=1S/C27H39NO3/c1-3-5-7-9-11-19-30-25-17-14-24(15-18-25)28-22-23-13-16-26(21-27(23)29)31-20-12-10-8-6-4-2/h13-18,21-22,29H,3-12,19-20H2,1-2H3. The number of phenolic OH excluding ortho intramolecular Hbond substituents is 1. The number of hydrogen-bond donors (Lipinski definition) is 1. The van der Waals surface area contributed by atoms with Gasteiger partial charge in [-0.15, -0.1) is 0 Å². The van der Waals surface area contributed by atoms with Crippen LogP contribution in [0.15, 0.2) is 47.5 Å². The van der Waals surface area contributed by atoms with Gasteiger partial charge in [0.05, 0.1) is 18.9 Å². The molecule has 31 heavy (non-hydrogen) atoms. The Morgan fingerprint density at radius 1 is 0.710 bits per heavy atom. The van der Waals surface area contributed by atoms with Gasteiger partial charge in [-0.25, -0.2) is 0 Å². The maximum atomic E-state index is 10.3. The van der Waals surface area contributed by atoms with E-state index < -0.39 is 0 Å². The van der Waals surface area contributed by atoms with Crippen LogP contribution in [0.5, 0.6) is 17.2 Å². The van der Waals surface area contributed by atoms with Crippen LogP contribution in [0, 0.1) is 0 Å². The molecule has 0 aliphatic carbocycles. The first-order chi connectivity index (χ1) is 15.2. The van der Waals surface area contributed by atoms with Gasteiger partial charge in [-0.2, -0.15) is 0 Å². The number of nitrogens with zero attached hydrogens (tertiary/aromatic N) is 1. The van der Waals surface area contributed by atoms with Crippen molar-refractivity contribution in [3.05, 3.63) is 48.0 Å². The maximum Gasteiger partial charge on any atom is 0.128 e. The molecule has 0 unspecified atom stereocenters. The van der Waals surface area contributed by atoms with Crippen molar-refractivity contribution >= 4 is 11.9 Å². The van der Waals surface area contributed by atoms with Crippen LogP contribution in [0.2, 0.25) is 0 Å². The highest BCUT2D eigenvalue weighted by molar-refractivity contribution is 5.85. The van der Waals surface area contributed by atoms with E-state index in [1.807, 2.05) is 36.4 Å². The normalized spacial score (nSPS) is 11.2.